The third-order valence-electron chi connectivity index (χ3n) is 14.2. The van der Waals surface area contributed by atoms with Gasteiger partial charge in [-0.3, -0.25) is 14.4 Å². The summed E-state index contributed by atoms with van der Waals surface area (Å²) in [6.45, 7) is 6.51. The number of hydrogen-bond acceptors (Lipinski definition) is 6. The molecule has 434 valence electrons. The fourth-order valence-electron chi connectivity index (χ4n) is 9.35. The van der Waals surface area contributed by atoms with Gasteiger partial charge in [0.1, 0.15) is 13.2 Å². The summed E-state index contributed by atoms with van der Waals surface area (Å²) in [7, 11) is 0. The maximum absolute atomic E-state index is 12.9. The zero-order valence-electron chi connectivity index (χ0n) is 49.8. The van der Waals surface area contributed by atoms with Crippen molar-refractivity contribution < 1.29 is 28.6 Å². The van der Waals surface area contributed by atoms with Crippen molar-refractivity contribution >= 4 is 17.9 Å². The lowest BCUT2D eigenvalue weighted by atomic mass is 10.0. The zero-order valence-corrected chi connectivity index (χ0v) is 49.8. The van der Waals surface area contributed by atoms with Gasteiger partial charge < -0.3 is 14.2 Å². The SMILES string of the molecule is CC/C=C\C/C=C\C/C=C\C/C=C\CCCCCCCCCCCCCCCCCCCCC(=O)OCC(COC(=O)CCCCCCCCCCC)OC(=O)CCCCCCCCC/C=C\C/C=C\CCCCC. The Morgan fingerprint density at radius 3 is 0.840 bits per heavy atom. The van der Waals surface area contributed by atoms with Gasteiger partial charge in [0.05, 0.1) is 0 Å². The first kappa shape index (κ1) is 71.8. The van der Waals surface area contributed by atoms with E-state index in [-0.39, 0.29) is 31.1 Å². The van der Waals surface area contributed by atoms with Crippen molar-refractivity contribution in [1.82, 2.24) is 0 Å². The zero-order chi connectivity index (χ0) is 54.3. The molecule has 0 rings (SSSR count). The van der Waals surface area contributed by atoms with Crippen LogP contribution in [0.3, 0.4) is 0 Å². The van der Waals surface area contributed by atoms with Crippen LogP contribution in [0.1, 0.15) is 329 Å². The van der Waals surface area contributed by atoms with Crippen LogP contribution in [0.5, 0.6) is 0 Å². The molecule has 0 amide bonds. The highest BCUT2D eigenvalue weighted by Crippen LogP contribution is 2.17. The Bertz CT molecular complexity index is 1390. The van der Waals surface area contributed by atoms with Gasteiger partial charge in [0.15, 0.2) is 6.10 Å². The maximum Gasteiger partial charge on any atom is 0.306 e. The van der Waals surface area contributed by atoms with E-state index in [1.54, 1.807) is 0 Å². The lowest BCUT2D eigenvalue weighted by molar-refractivity contribution is -0.167. The van der Waals surface area contributed by atoms with Gasteiger partial charge in [0.25, 0.3) is 0 Å². The molecule has 75 heavy (non-hydrogen) atoms. The predicted octanol–water partition coefficient (Wildman–Crippen LogP) is 22.1. The van der Waals surface area contributed by atoms with E-state index in [1.807, 2.05) is 0 Å². The Morgan fingerprint density at radius 2 is 0.520 bits per heavy atom. The highest BCUT2D eigenvalue weighted by Gasteiger charge is 2.19. The second-order valence-electron chi connectivity index (χ2n) is 21.6. The van der Waals surface area contributed by atoms with Gasteiger partial charge in [-0.15, -0.1) is 0 Å². The van der Waals surface area contributed by atoms with E-state index in [4.69, 9.17) is 14.2 Å². The monoisotopic (exact) mass is 1050 g/mol. The summed E-state index contributed by atoms with van der Waals surface area (Å²) < 4.78 is 16.9. The molecule has 0 aromatic rings. The van der Waals surface area contributed by atoms with E-state index in [0.717, 1.165) is 96.3 Å². The number of rotatable bonds is 59. The minimum Gasteiger partial charge on any atom is -0.462 e. The second-order valence-corrected chi connectivity index (χ2v) is 21.6. The van der Waals surface area contributed by atoms with Crippen molar-refractivity contribution in [2.75, 3.05) is 13.2 Å². The molecule has 0 aliphatic carbocycles. The molecule has 0 aromatic carbocycles. The predicted molar refractivity (Wildman–Crippen MR) is 325 cm³/mol. The van der Waals surface area contributed by atoms with Crippen molar-refractivity contribution in [2.45, 2.75) is 335 Å². The summed E-state index contributed by atoms with van der Waals surface area (Å²) in [6.07, 6.45) is 82.2. The number of esters is 3. The van der Waals surface area contributed by atoms with Gasteiger partial charge in [-0.2, -0.15) is 0 Å². The molecule has 0 spiro atoms. The number of ether oxygens (including phenoxy) is 3. The van der Waals surface area contributed by atoms with Crippen molar-refractivity contribution in [3.05, 3.63) is 72.9 Å². The Hall–Kier alpha value is -3.15. The van der Waals surface area contributed by atoms with Crippen LogP contribution in [0, 0.1) is 0 Å². The molecule has 0 aromatic heterocycles. The molecule has 0 saturated heterocycles. The molecular formula is C69H122O6. The maximum atomic E-state index is 12.9. The summed E-state index contributed by atoms with van der Waals surface area (Å²) in [6, 6.07) is 0. The van der Waals surface area contributed by atoms with Crippen LogP contribution in [0.2, 0.25) is 0 Å². The first-order valence-electron chi connectivity index (χ1n) is 32.4. The molecule has 6 nitrogen and oxygen atoms in total. The molecule has 1 atom stereocenters. The Labute approximate surface area is 465 Å². The van der Waals surface area contributed by atoms with E-state index >= 15 is 0 Å². The van der Waals surface area contributed by atoms with Gasteiger partial charge >= 0.3 is 17.9 Å². The van der Waals surface area contributed by atoms with Gasteiger partial charge in [0.2, 0.25) is 0 Å². The Kier molecular flexibility index (Phi) is 60.7. The van der Waals surface area contributed by atoms with Crippen LogP contribution < -0.4 is 0 Å². The topological polar surface area (TPSA) is 78.9 Å². The van der Waals surface area contributed by atoms with Crippen LogP contribution in [-0.4, -0.2) is 37.2 Å². The van der Waals surface area contributed by atoms with Crippen molar-refractivity contribution in [3.63, 3.8) is 0 Å². The van der Waals surface area contributed by atoms with E-state index in [0.29, 0.717) is 19.3 Å². The summed E-state index contributed by atoms with van der Waals surface area (Å²) in [5.74, 6) is -0.869. The van der Waals surface area contributed by atoms with E-state index in [2.05, 4.69) is 93.7 Å². The molecule has 6 heteroatoms. The average Bonchev–Trinajstić information content (AvgIpc) is 3.41. The molecule has 1 unspecified atom stereocenters. The van der Waals surface area contributed by atoms with Gasteiger partial charge in [-0.25, -0.2) is 0 Å². The highest BCUT2D eigenvalue weighted by molar-refractivity contribution is 5.71. The summed E-state index contributed by atoms with van der Waals surface area (Å²) in [5, 5.41) is 0. The first-order valence-corrected chi connectivity index (χ1v) is 32.4. The number of carbonyl (C=O) groups is 3. The molecular weight excluding hydrogens is 925 g/mol. The third kappa shape index (κ3) is 61.6. The fourth-order valence-corrected chi connectivity index (χ4v) is 9.35. The van der Waals surface area contributed by atoms with Gasteiger partial charge in [-0.05, 0) is 89.9 Å². The number of hydrogen-bond donors (Lipinski definition) is 0. The summed E-state index contributed by atoms with van der Waals surface area (Å²) in [4.78, 5) is 38.2. The third-order valence-corrected chi connectivity index (χ3v) is 14.2. The molecule has 0 radical (unpaired) electrons. The van der Waals surface area contributed by atoms with Crippen molar-refractivity contribution in [3.8, 4) is 0 Å². The average molecular weight is 1050 g/mol. The molecule has 0 aliphatic heterocycles. The van der Waals surface area contributed by atoms with Crippen molar-refractivity contribution in [2.24, 2.45) is 0 Å². The van der Waals surface area contributed by atoms with E-state index in [1.165, 1.54) is 193 Å². The number of unbranched alkanes of at least 4 members (excludes halogenated alkanes) is 36. The minimum absolute atomic E-state index is 0.0739. The Balaban J connectivity index is 4.09. The smallest absolute Gasteiger partial charge is 0.306 e. The summed E-state index contributed by atoms with van der Waals surface area (Å²) in [5.41, 5.74) is 0. The Morgan fingerprint density at radius 1 is 0.280 bits per heavy atom. The van der Waals surface area contributed by atoms with Crippen LogP contribution in [0.4, 0.5) is 0 Å². The first-order chi connectivity index (χ1) is 37.0. The van der Waals surface area contributed by atoms with E-state index < -0.39 is 6.10 Å². The largest absolute Gasteiger partial charge is 0.462 e. The van der Waals surface area contributed by atoms with E-state index in [9.17, 15) is 14.4 Å². The lowest BCUT2D eigenvalue weighted by Crippen LogP contribution is -2.30. The minimum atomic E-state index is -0.775. The lowest BCUT2D eigenvalue weighted by Gasteiger charge is -2.18. The second kappa shape index (κ2) is 63.4. The fraction of sp³-hybridized carbons (Fsp3) is 0.783. The van der Waals surface area contributed by atoms with Crippen LogP contribution in [0.25, 0.3) is 0 Å². The van der Waals surface area contributed by atoms with Crippen LogP contribution in [-0.2, 0) is 28.6 Å². The highest BCUT2D eigenvalue weighted by atomic mass is 16.6. The molecule has 0 heterocycles. The number of allylic oxidation sites excluding steroid dienone is 12. The molecule has 0 saturated carbocycles. The summed E-state index contributed by atoms with van der Waals surface area (Å²) >= 11 is 0. The quantitative estimate of drug-likeness (QED) is 0.0261. The molecule has 0 aliphatic rings. The van der Waals surface area contributed by atoms with Gasteiger partial charge in [0, 0.05) is 19.3 Å². The van der Waals surface area contributed by atoms with Crippen LogP contribution >= 0.6 is 0 Å². The molecule has 0 N–H and O–H groups in total. The standard InChI is InChI=1S/C69H122O6/c1-4-7-10-13-16-19-21-23-25-27-28-29-30-31-32-33-34-35-36-37-38-39-40-42-43-45-47-50-53-56-59-62-68(71)74-65-66(64-73-67(70)61-58-55-52-49-18-15-12-9-6-3)75-69(72)63-60-57-54-51-48-46-44-41-26-24-22-20-17-14-11-8-5-2/h7,10,16-17,19-20,23-26,28-29,66H,4-6,8-9,11-15,18,21-22,27,30-65H2,1-3H3/b10-7-,19-16-,20-17-,25-23-,26-24-,29-28-. The number of carbonyl (C=O) groups excluding carboxylic acids is 3. The molecule has 0 fully saturated rings. The van der Waals surface area contributed by atoms with Gasteiger partial charge in [-0.1, -0.05) is 293 Å². The normalized spacial score (nSPS) is 12.5. The van der Waals surface area contributed by atoms with Crippen molar-refractivity contribution in [1.29, 1.82) is 0 Å². The molecule has 0 bridgehead atoms. The van der Waals surface area contributed by atoms with Crippen LogP contribution in [0.15, 0.2) is 72.9 Å².